The van der Waals surface area contributed by atoms with E-state index in [-0.39, 0.29) is 38.0 Å². The van der Waals surface area contributed by atoms with Crippen molar-refractivity contribution in [3.8, 4) is 5.75 Å². The van der Waals surface area contributed by atoms with Crippen LogP contribution in [0.1, 0.15) is 38.3 Å². The largest absolute Gasteiger partial charge is 0.482 e. The van der Waals surface area contributed by atoms with Crippen LogP contribution in [0.5, 0.6) is 5.75 Å². The van der Waals surface area contributed by atoms with Gasteiger partial charge in [-0.3, -0.25) is 14.5 Å². The molecule has 208 valence electrons. The lowest BCUT2D eigenvalue weighted by Crippen LogP contribution is -2.45. The molecule has 40 heavy (non-hydrogen) atoms. The van der Waals surface area contributed by atoms with Gasteiger partial charge in [0, 0.05) is 29.7 Å². The summed E-state index contributed by atoms with van der Waals surface area (Å²) in [7, 11) is 0. The van der Waals surface area contributed by atoms with Gasteiger partial charge in [0.05, 0.1) is 24.0 Å². The highest BCUT2D eigenvalue weighted by atomic mass is 19.1. The Labute approximate surface area is 233 Å². The summed E-state index contributed by atoms with van der Waals surface area (Å²) in [5.41, 5.74) is 0.812. The number of hydrogen-bond acceptors (Lipinski definition) is 5. The van der Waals surface area contributed by atoms with Crippen molar-refractivity contribution < 1.29 is 28.6 Å². The third-order valence-corrected chi connectivity index (χ3v) is 8.52. The van der Waals surface area contributed by atoms with Gasteiger partial charge in [-0.25, -0.2) is 4.39 Å². The number of anilines is 3. The second-order valence-corrected chi connectivity index (χ2v) is 11.3. The molecule has 7 nitrogen and oxygen atoms in total. The molecule has 1 N–H and O–H groups in total. The number of fused-ring (bicyclic) bond motifs is 3. The Morgan fingerprint density at radius 2 is 1.68 bits per heavy atom. The fourth-order valence-corrected chi connectivity index (χ4v) is 6.87. The van der Waals surface area contributed by atoms with E-state index in [1.807, 2.05) is 79.7 Å². The fourth-order valence-electron chi connectivity index (χ4n) is 6.87. The van der Waals surface area contributed by atoms with Gasteiger partial charge in [-0.05, 0) is 56.2 Å². The zero-order valence-corrected chi connectivity index (χ0v) is 22.8. The van der Waals surface area contributed by atoms with Gasteiger partial charge in [-0.1, -0.05) is 49.4 Å². The highest BCUT2D eigenvalue weighted by molar-refractivity contribution is 6.07. The number of aliphatic hydroxyl groups is 1. The molecular formula is C32H33FN2O5. The van der Waals surface area contributed by atoms with E-state index in [2.05, 4.69) is 0 Å². The van der Waals surface area contributed by atoms with Crippen molar-refractivity contribution in [2.24, 2.45) is 11.8 Å². The highest BCUT2D eigenvalue weighted by Gasteiger charge is 2.65. The molecule has 3 aliphatic rings. The normalized spacial score (nSPS) is 25.8. The van der Waals surface area contributed by atoms with E-state index in [1.54, 1.807) is 9.80 Å². The van der Waals surface area contributed by atoms with Gasteiger partial charge in [-0.15, -0.1) is 0 Å². The summed E-state index contributed by atoms with van der Waals surface area (Å²) in [5.74, 6) is -0.748. The number of ether oxygens (including phenoxy) is 2. The third-order valence-electron chi connectivity index (χ3n) is 8.52. The predicted octanol–water partition coefficient (Wildman–Crippen LogP) is 5.27. The molecule has 3 aromatic rings. The van der Waals surface area contributed by atoms with E-state index >= 15 is 4.39 Å². The number of halogens is 1. The second-order valence-electron chi connectivity index (χ2n) is 11.3. The minimum atomic E-state index is -1.60. The Morgan fingerprint density at radius 1 is 1.00 bits per heavy atom. The average molecular weight is 545 g/mol. The Balaban J connectivity index is 1.32. The number of alkyl halides is 1. The van der Waals surface area contributed by atoms with Crippen LogP contribution in [0.25, 0.3) is 0 Å². The van der Waals surface area contributed by atoms with Gasteiger partial charge in [0.1, 0.15) is 11.4 Å². The van der Waals surface area contributed by atoms with Crippen LogP contribution < -0.4 is 14.5 Å². The number of para-hydroxylation sites is 3. The van der Waals surface area contributed by atoms with Crippen molar-refractivity contribution in [1.82, 2.24) is 0 Å². The number of amides is 2. The summed E-state index contributed by atoms with van der Waals surface area (Å²) in [6.07, 6.45) is -0.338. The molecule has 6 rings (SSSR count). The number of nitrogens with zero attached hydrogens (tertiary/aromatic N) is 2. The van der Waals surface area contributed by atoms with Crippen molar-refractivity contribution in [1.29, 1.82) is 0 Å². The standard InChI is InChI=1S/C32H33FN2O5/c1-20-29(31(2,3)33)27(16-17-36)40-32(20)23-8-4-5-9-24(23)34(30(32)38)18-21-12-14-22(15-13-21)35-25-10-6-7-11-26(25)39-19-28(35)37/h4-15,20,27,29,36H,16-19H2,1-3H3/t20-,27+,29-,32+/m1/s1. The SMILES string of the molecule is C[C@@H]1[C@@H](C(C)(C)F)[C@H](CCO)O[C@@]12C(=O)N(Cc1ccc(N3C(=O)COc4ccccc43)cc1)c1ccccc12. The summed E-state index contributed by atoms with van der Waals surface area (Å²) in [5, 5.41) is 9.69. The summed E-state index contributed by atoms with van der Waals surface area (Å²) in [6.45, 7) is 5.02. The van der Waals surface area contributed by atoms with Crippen LogP contribution in [-0.2, 0) is 26.5 Å². The molecule has 3 heterocycles. The van der Waals surface area contributed by atoms with Crippen LogP contribution >= 0.6 is 0 Å². The first-order valence-electron chi connectivity index (χ1n) is 13.7. The van der Waals surface area contributed by atoms with E-state index in [4.69, 9.17) is 9.47 Å². The van der Waals surface area contributed by atoms with E-state index in [9.17, 15) is 14.7 Å². The van der Waals surface area contributed by atoms with Crippen LogP contribution in [0, 0.1) is 11.8 Å². The van der Waals surface area contributed by atoms with Crippen LogP contribution in [0.15, 0.2) is 72.8 Å². The Morgan fingerprint density at radius 3 is 2.38 bits per heavy atom. The van der Waals surface area contributed by atoms with Crippen molar-refractivity contribution in [3.05, 3.63) is 83.9 Å². The summed E-state index contributed by atoms with van der Waals surface area (Å²) in [4.78, 5) is 30.4. The Kier molecular flexibility index (Phi) is 6.43. The minimum absolute atomic E-state index is 0.0357. The van der Waals surface area contributed by atoms with E-state index in [1.165, 1.54) is 13.8 Å². The van der Waals surface area contributed by atoms with Crippen molar-refractivity contribution in [2.45, 2.75) is 51.1 Å². The van der Waals surface area contributed by atoms with Gasteiger partial charge >= 0.3 is 0 Å². The van der Waals surface area contributed by atoms with E-state index < -0.39 is 29.2 Å². The Bertz CT molecular complexity index is 1450. The number of aliphatic hydroxyl groups excluding tert-OH is 1. The molecule has 2 amide bonds. The first kappa shape index (κ1) is 26.5. The van der Waals surface area contributed by atoms with Crippen molar-refractivity contribution in [2.75, 3.05) is 23.0 Å². The molecule has 1 fully saturated rings. The zero-order chi connectivity index (χ0) is 28.2. The number of hydrogen-bond donors (Lipinski definition) is 1. The monoisotopic (exact) mass is 544 g/mol. The molecule has 3 aliphatic heterocycles. The van der Waals surface area contributed by atoms with Crippen LogP contribution in [-0.4, -0.2) is 41.9 Å². The molecule has 0 aliphatic carbocycles. The van der Waals surface area contributed by atoms with Gasteiger partial charge in [0.25, 0.3) is 11.8 Å². The third kappa shape index (κ3) is 4.00. The second kappa shape index (κ2) is 9.71. The molecule has 1 spiro atoms. The van der Waals surface area contributed by atoms with Crippen LogP contribution in [0.3, 0.4) is 0 Å². The summed E-state index contributed by atoms with van der Waals surface area (Å²) < 4.78 is 27.6. The van der Waals surface area contributed by atoms with Crippen LogP contribution in [0.4, 0.5) is 21.5 Å². The van der Waals surface area contributed by atoms with Gasteiger partial charge in [-0.2, -0.15) is 0 Å². The number of benzene rings is 3. The van der Waals surface area contributed by atoms with Gasteiger partial charge in [0.15, 0.2) is 12.2 Å². The van der Waals surface area contributed by atoms with Crippen molar-refractivity contribution >= 4 is 28.9 Å². The number of carbonyl (C=O) groups excluding carboxylic acids is 2. The maximum atomic E-state index is 15.5. The molecule has 0 aromatic heterocycles. The molecule has 0 saturated carbocycles. The topological polar surface area (TPSA) is 79.3 Å². The van der Waals surface area contributed by atoms with E-state index in [0.29, 0.717) is 17.1 Å². The quantitative estimate of drug-likeness (QED) is 0.458. The predicted molar refractivity (Wildman–Crippen MR) is 149 cm³/mol. The van der Waals surface area contributed by atoms with E-state index in [0.717, 1.165) is 16.8 Å². The lowest BCUT2D eigenvalue weighted by molar-refractivity contribution is -0.146. The minimum Gasteiger partial charge on any atom is -0.482 e. The average Bonchev–Trinajstić information content (AvgIpc) is 3.36. The zero-order valence-electron chi connectivity index (χ0n) is 22.8. The molecule has 8 heteroatoms. The number of carbonyl (C=O) groups is 2. The summed E-state index contributed by atoms with van der Waals surface area (Å²) >= 11 is 0. The smallest absolute Gasteiger partial charge is 0.269 e. The molecule has 3 aromatic carbocycles. The first-order chi connectivity index (χ1) is 19.2. The molecule has 0 bridgehead atoms. The van der Waals surface area contributed by atoms with Gasteiger partial charge < -0.3 is 19.5 Å². The maximum Gasteiger partial charge on any atom is 0.269 e. The lowest BCUT2D eigenvalue weighted by Gasteiger charge is -2.32. The maximum absolute atomic E-state index is 15.5. The molecule has 0 unspecified atom stereocenters. The van der Waals surface area contributed by atoms with Gasteiger partial charge in [0.2, 0.25) is 0 Å². The van der Waals surface area contributed by atoms with Crippen molar-refractivity contribution in [3.63, 3.8) is 0 Å². The molecule has 1 saturated heterocycles. The molecular weight excluding hydrogens is 511 g/mol. The first-order valence-corrected chi connectivity index (χ1v) is 13.7. The van der Waals surface area contributed by atoms with Crippen LogP contribution in [0.2, 0.25) is 0 Å². The Hall–Kier alpha value is -3.75. The number of rotatable bonds is 6. The molecule has 0 radical (unpaired) electrons. The molecule has 4 atom stereocenters. The fraction of sp³-hybridized carbons (Fsp3) is 0.375. The highest BCUT2D eigenvalue weighted by Crippen LogP contribution is 2.58. The summed E-state index contributed by atoms with van der Waals surface area (Å²) in [6, 6.07) is 22.5. The lowest BCUT2D eigenvalue weighted by atomic mass is 9.71.